The second kappa shape index (κ2) is 16.3. The molecule has 0 atom stereocenters. The molecule has 132 valence electrons. The van der Waals surface area contributed by atoms with Crippen LogP contribution in [-0.4, -0.2) is 23.8 Å². The molecule has 0 saturated heterocycles. The second-order valence-electron chi connectivity index (χ2n) is 6.30. The third kappa shape index (κ3) is 13.6. The number of aromatic nitrogens is 1. The number of pyridine rings is 1. The maximum Gasteiger partial charge on any atom is 0.0959 e. The van der Waals surface area contributed by atoms with Gasteiger partial charge in [0.1, 0.15) is 0 Å². The summed E-state index contributed by atoms with van der Waals surface area (Å²) < 4.78 is 0. The molecule has 2 nitrogen and oxygen atoms in total. The Labute approximate surface area is 148 Å². The lowest BCUT2D eigenvalue weighted by Crippen LogP contribution is -2.17. The van der Waals surface area contributed by atoms with Gasteiger partial charge in [-0.2, -0.15) is 0 Å². The monoisotopic (exact) mass is 336 g/mol. The Morgan fingerprint density at radius 3 is 2.13 bits per heavy atom. The van der Waals surface area contributed by atoms with Crippen LogP contribution < -0.4 is 5.32 Å². The normalized spacial score (nSPS) is 11.0. The number of thioether (sulfide) groups is 1. The van der Waals surface area contributed by atoms with Gasteiger partial charge in [0.05, 0.1) is 5.03 Å². The van der Waals surface area contributed by atoms with Crippen LogP contribution in [0.4, 0.5) is 0 Å². The zero-order chi connectivity index (χ0) is 16.4. The molecule has 0 saturated carbocycles. The van der Waals surface area contributed by atoms with Crippen molar-refractivity contribution < 1.29 is 0 Å². The predicted octanol–water partition coefficient (Wildman–Crippen LogP) is 6.07. The number of hydrogen-bond donors (Lipinski definition) is 1. The van der Waals surface area contributed by atoms with Crippen molar-refractivity contribution in [3.8, 4) is 0 Å². The predicted molar refractivity (Wildman–Crippen MR) is 104 cm³/mol. The van der Waals surface area contributed by atoms with Gasteiger partial charge in [0.2, 0.25) is 0 Å². The first-order chi connectivity index (χ1) is 11.4. The lowest BCUT2D eigenvalue weighted by Gasteiger charge is -2.05. The smallest absolute Gasteiger partial charge is 0.0959 e. The molecule has 0 spiro atoms. The summed E-state index contributed by atoms with van der Waals surface area (Å²) in [4.78, 5) is 4.32. The molecule has 3 heteroatoms. The third-order valence-electron chi connectivity index (χ3n) is 4.09. The number of hydrogen-bond acceptors (Lipinski definition) is 3. The first-order valence-electron chi connectivity index (χ1n) is 9.68. The lowest BCUT2D eigenvalue weighted by molar-refractivity contribution is 0.543. The van der Waals surface area contributed by atoms with E-state index >= 15 is 0 Å². The number of nitrogens with zero attached hydrogens (tertiary/aromatic N) is 1. The van der Waals surface area contributed by atoms with Gasteiger partial charge in [-0.25, -0.2) is 4.98 Å². The number of unbranched alkanes of at least 4 members (excludes halogenated alkanes) is 9. The Morgan fingerprint density at radius 1 is 0.826 bits per heavy atom. The molecule has 0 amide bonds. The maximum absolute atomic E-state index is 4.32. The highest BCUT2D eigenvalue weighted by molar-refractivity contribution is 7.99. The molecule has 1 rings (SSSR count). The molecular formula is C20H36N2S. The Bertz CT molecular complexity index is 343. The van der Waals surface area contributed by atoms with E-state index in [0.717, 1.165) is 17.3 Å². The molecular weight excluding hydrogens is 300 g/mol. The first-order valence-corrected chi connectivity index (χ1v) is 10.7. The molecule has 0 aliphatic heterocycles. The van der Waals surface area contributed by atoms with Crippen molar-refractivity contribution in [2.45, 2.75) is 82.6 Å². The van der Waals surface area contributed by atoms with Crippen molar-refractivity contribution in [2.24, 2.45) is 0 Å². The molecule has 0 aromatic carbocycles. The van der Waals surface area contributed by atoms with Crippen molar-refractivity contribution in [3.05, 3.63) is 24.4 Å². The average Bonchev–Trinajstić information content (AvgIpc) is 2.59. The molecule has 0 fully saturated rings. The van der Waals surface area contributed by atoms with E-state index in [4.69, 9.17) is 0 Å². The highest BCUT2D eigenvalue weighted by Gasteiger charge is 1.95. The van der Waals surface area contributed by atoms with E-state index in [1.165, 1.54) is 77.2 Å². The van der Waals surface area contributed by atoms with Crippen LogP contribution in [0.5, 0.6) is 0 Å². The molecule has 0 aliphatic carbocycles. The Kier molecular flexibility index (Phi) is 14.6. The molecule has 1 aromatic rings. The molecule has 0 radical (unpaired) electrons. The van der Waals surface area contributed by atoms with Crippen LogP contribution in [0.1, 0.15) is 77.6 Å². The van der Waals surface area contributed by atoms with Gasteiger partial charge in [-0.05, 0) is 38.1 Å². The maximum atomic E-state index is 4.32. The Morgan fingerprint density at radius 2 is 1.48 bits per heavy atom. The van der Waals surface area contributed by atoms with E-state index in [1.807, 2.05) is 24.0 Å². The van der Waals surface area contributed by atoms with Gasteiger partial charge in [-0.15, -0.1) is 11.8 Å². The highest BCUT2D eigenvalue weighted by atomic mass is 32.2. The summed E-state index contributed by atoms with van der Waals surface area (Å²) in [6, 6.07) is 6.11. The molecule has 0 aliphatic rings. The lowest BCUT2D eigenvalue weighted by atomic mass is 10.1. The molecule has 1 N–H and O–H groups in total. The van der Waals surface area contributed by atoms with Crippen LogP contribution in [0.15, 0.2) is 29.4 Å². The van der Waals surface area contributed by atoms with Gasteiger partial charge in [0, 0.05) is 11.9 Å². The standard InChI is InChI=1S/C20H36N2S/c1-2-3-4-5-6-7-8-9-10-12-16-21-17-14-19-23-20-15-11-13-18-22-20/h11,13,15,18,21H,2-10,12,14,16-17,19H2,1H3. The van der Waals surface area contributed by atoms with Crippen molar-refractivity contribution in [3.63, 3.8) is 0 Å². The molecule has 1 aromatic heterocycles. The van der Waals surface area contributed by atoms with E-state index in [2.05, 4.69) is 29.4 Å². The van der Waals surface area contributed by atoms with E-state index in [-0.39, 0.29) is 0 Å². The first kappa shape index (κ1) is 20.5. The third-order valence-corrected chi connectivity index (χ3v) is 5.12. The molecule has 0 bridgehead atoms. The SMILES string of the molecule is CCCCCCCCCCCCNCCCSc1ccccn1. The molecule has 0 unspecified atom stereocenters. The van der Waals surface area contributed by atoms with Crippen LogP contribution in [0.3, 0.4) is 0 Å². The fourth-order valence-corrected chi connectivity index (χ4v) is 3.48. The van der Waals surface area contributed by atoms with Crippen molar-refractivity contribution in [1.29, 1.82) is 0 Å². The summed E-state index contributed by atoms with van der Waals surface area (Å²) in [5.41, 5.74) is 0. The minimum Gasteiger partial charge on any atom is -0.317 e. The summed E-state index contributed by atoms with van der Waals surface area (Å²) >= 11 is 1.85. The topological polar surface area (TPSA) is 24.9 Å². The van der Waals surface area contributed by atoms with Crippen LogP contribution >= 0.6 is 11.8 Å². The minimum atomic E-state index is 1.14. The zero-order valence-electron chi connectivity index (χ0n) is 15.1. The van der Waals surface area contributed by atoms with Crippen LogP contribution in [-0.2, 0) is 0 Å². The van der Waals surface area contributed by atoms with Crippen molar-refractivity contribution in [1.82, 2.24) is 10.3 Å². The summed E-state index contributed by atoms with van der Waals surface area (Å²) in [5.74, 6) is 1.15. The van der Waals surface area contributed by atoms with Crippen LogP contribution in [0.2, 0.25) is 0 Å². The van der Waals surface area contributed by atoms with Gasteiger partial charge < -0.3 is 5.32 Å². The van der Waals surface area contributed by atoms with Gasteiger partial charge >= 0.3 is 0 Å². The fraction of sp³-hybridized carbons (Fsp3) is 0.750. The Balaban J connectivity index is 1.72. The van der Waals surface area contributed by atoms with Gasteiger partial charge in [-0.3, -0.25) is 0 Å². The van der Waals surface area contributed by atoms with E-state index < -0.39 is 0 Å². The second-order valence-corrected chi connectivity index (χ2v) is 7.42. The minimum absolute atomic E-state index is 1.14. The summed E-state index contributed by atoms with van der Waals surface area (Å²) in [7, 11) is 0. The van der Waals surface area contributed by atoms with Crippen molar-refractivity contribution >= 4 is 11.8 Å². The largest absolute Gasteiger partial charge is 0.317 e. The number of rotatable bonds is 16. The van der Waals surface area contributed by atoms with E-state index in [9.17, 15) is 0 Å². The van der Waals surface area contributed by atoms with Crippen LogP contribution in [0, 0.1) is 0 Å². The summed E-state index contributed by atoms with van der Waals surface area (Å²) in [6.07, 6.45) is 17.2. The molecule has 1 heterocycles. The Hall–Kier alpha value is -0.540. The zero-order valence-corrected chi connectivity index (χ0v) is 15.9. The van der Waals surface area contributed by atoms with E-state index in [0.29, 0.717) is 0 Å². The van der Waals surface area contributed by atoms with Crippen molar-refractivity contribution in [2.75, 3.05) is 18.8 Å². The number of nitrogens with one attached hydrogen (secondary N) is 1. The average molecular weight is 337 g/mol. The quantitative estimate of drug-likeness (QED) is 0.293. The van der Waals surface area contributed by atoms with Gasteiger partial charge in [-0.1, -0.05) is 70.8 Å². The van der Waals surface area contributed by atoms with E-state index in [1.54, 1.807) is 0 Å². The van der Waals surface area contributed by atoms with Gasteiger partial charge in [0.25, 0.3) is 0 Å². The highest BCUT2D eigenvalue weighted by Crippen LogP contribution is 2.14. The summed E-state index contributed by atoms with van der Waals surface area (Å²) in [6.45, 7) is 4.61. The van der Waals surface area contributed by atoms with Gasteiger partial charge in [0.15, 0.2) is 0 Å². The van der Waals surface area contributed by atoms with Crippen LogP contribution in [0.25, 0.3) is 0 Å². The molecule has 23 heavy (non-hydrogen) atoms. The summed E-state index contributed by atoms with van der Waals surface area (Å²) in [5, 5.41) is 4.70. The fourth-order valence-electron chi connectivity index (χ4n) is 2.67.